The van der Waals surface area contributed by atoms with Crippen molar-refractivity contribution in [3.63, 3.8) is 0 Å². The van der Waals surface area contributed by atoms with E-state index in [1.54, 1.807) is 43.5 Å². The first kappa shape index (κ1) is 30.6. The van der Waals surface area contributed by atoms with Crippen molar-refractivity contribution >= 4 is 40.2 Å². The van der Waals surface area contributed by atoms with E-state index in [0.29, 0.717) is 57.3 Å². The minimum absolute atomic E-state index is 0.123. The molecule has 2 aromatic heterocycles. The highest BCUT2D eigenvalue weighted by atomic mass is 32.2. The minimum atomic E-state index is -4.77. The zero-order chi connectivity index (χ0) is 31.3. The third-order valence-electron chi connectivity index (χ3n) is 6.05. The van der Waals surface area contributed by atoms with Crippen LogP contribution < -0.4 is 20.1 Å². The fourth-order valence-corrected chi connectivity index (χ4v) is 4.97. The molecular formula is C29H24F4N6O4S. The smallest absolute Gasteiger partial charge is 0.435 e. The highest BCUT2D eigenvalue weighted by Crippen LogP contribution is 2.38. The summed E-state index contributed by atoms with van der Waals surface area (Å²) in [6.07, 6.45) is -3.34. The predicted molar refractivity (Wildman–Crippen MR) is 155 cm³/mol. The second-order valence-electron chi connectivity index (χ2n) is 9.05. The Morgan fingerprint density at radius 2 is 1.75 bits per heavy atom. The van der Waals surface area contributed by atoms with Gasteiger partial charge in [0, 0.05) is 35.2 Å². The van der Waals surface area contributed by atoms with Crippen molar-refractivity contribution in [1.82, 2.24) is 19.7 Å². The largest absolute Gasteiger partial charge is 0.493 e. The van der Waals surface area contributed by atoms with E-state index in [1.807, 2.05) is 0 Å². The number of methoxy groups -OCH3 is 2. The zero-order valence-electron chi connectivity index (χ0n) is 23.2. The van der Waals surface area contributed by atoms with Gasteiger partial charge >= 0.3 is 12.2 Å². The van der Waals surface area contributed by atoms with Crippen molar-refractivity contribution in [3.8, 4) is 17.2 Å². The molecule has 0 saturated heterocycles. The quantitative estimate of drug-likeness (QED) is 0.0987. The van der Waals surface area contributed by atoms with Crippen molar-refractivity contribution in [3.05, 3.63) is 84.6 Å². The summed E-state index contributed by atoms with van der Waals surface area (Å²) in [7, 11) is 3.10. The molecule has 0 atom stereocenters. The summed E-state index contributed by atoms with van der Waals surface area (Å²) in [6, 6.07) is 14.8. The van der Waals surface area contributed by atoms with E-state index >= 15 is 0 Å². The molecular weight excluding hydrogens is 604 g/mol. The molecule has 0 aliphatic rings. The Bertz CT molecular complexity index is 1780. The third-order valence-corrected chi connectivity index (χ3v) is 7.06. The number of benzene rings is 3. The number of alkyl halides is 3. The van der Waals surface area contributed by atoms with Gasteiger partial charge in [-0.25, -0.2) is 23.8 Å². The lowest BCUT2D eigenvalue weighted by atomic mass is 10.2. The lowest BCUT2D eigenvalue weighted by Crippen LogP contribution is -2.21. The molecule has 15 heteroatoms. The first-order valence-corrected chi connectivity index (χ1v) is 13.7. The molecule has 0 saturated carbocycles. The van der Waals surface area contributed by atoms with Gasteiger partial charge in [-0.3, -0.25) is 5.32 Å². The van der Waals surface area contributed by atoms with Gasteiger partial charge in [0.1, 0.15) is 29.6 Å². The number of carbonyl (C=O) groups is 1. The Morgan fingerprint density at radius 1 is 0.955 bits per heavy atom. The van der Waals surface area contributed by atoms with Gasteiger partial charge in [-0.1, -0.05) is 17.8 Å². The van der Waals surface area contributed by atoms with Crippen LogP contribution in [0.25, 0.3) is 16.6 Å². The summed E-state index contributed by atoms with van der Waals surface area (Å²) in [5.41, 5.74) is -0.114. The fourth-order valence-electron chi connectivity index (χ4n) is 4.04. The molecule has 2 heterocycles. The van der Waals surface area contributed by atoms with Gasteiger partial charge in [0.05, 0.1) is 24.9 Å². The lowest BCUT2D eigenvalue weighted by Gasteiger charge is -2.13. The van der Waals surface area contributed by atoms with Gasteiger partial charge in [0.15, 0.2) is 17.2 Å². The molecule has 3 aromatic carbocycles. The maximum absolute atomic E-state index is 13.4. The number of amides is 2. The summed E-state index contributed by atoms with van der Waals surface area (Å²) in [5, 5.41) is 9.88. The average Bonchev–Trinajstić information content (AvgIpc) is 3.42. The number of aromatic nitrogens is 4. The number of hydrogen-bond donors (Lipinski definition) is 2. The Morgan fingerprint density at radius 3 is 2.48 bits per heavy atom. The van der Waals surface area contributed by atoms with Crippen LogP contribution >= 0.6 is 11.8 Å². The number of ether oxygens (including phenoxy) is 3. The monoisotopic (exact) mass is 628 g/mol. The summed E-state index contributed by atoms with van der Waals surface area (Å²) < 4.78 is 70.7. The number of hydrogen-bond acceptors (Lipinski definition) is 8. The number of rotatable bonds is 10. The van der Waals surface area contributed by atoms with E-state index in [-0.39, 0.29) is 11.5 Å². The van der Waals surface area contributed by atoms with Crippen molar-refractivity contribution in [2.45, 2.75) is 16.1 Å². The molecule has 0 bridgehead atoms. The summed E-state index contributed by atoms with van der Waals surface area (Å²) in [6.45, 7) is 0.734. The molecule has 0 aliphatic carbocycles. The van der Waals surface area contributed by atoms with Crippen LogP contribution in [0.2, 0.25) is 0 Å². The van der Waals surface area contributed by atoms with E-state index in [1.165, 1.54) is 37.3 Å². The van der Waals surface area contributed by atoms with E-state index < -0.39 is 23.7 Å². The lowest BCUT2D eigenvalue weighted by molar-refractivity contribution is -0.141. The fraction of sp³-hybridized carbons (Fsp3) is 0.172. The molecule has 10 nitrogen and oxygen atoms in total. The van der Waals surface area contributed by atoms with Crippen molar-refractivity contribution in [2.75, 3.05) is 38.1 Å². The molecule has 2 amide bonds. The van der Waals surface area contributed by atoms with Gasteiger partial charge in [0.25, 0.3) is 0 Å². The van der Waals surface area contributed by atoms with Crippen LogP contribution in [0, 0.1) is 5.82 Å². The Hall–Kier alpha value is -4.89. The minimum Gasteiger partial charge on any atom is -0.493 e. The Kier molecular flexibility index (Phi) is 9.15. The molecule has 0 aliphatic heterocycles. The van der Waals surface area contributed by atoms with Crippen LogP contribution in [-0.2, 0) is 10.9 Å². The van der Waals surface area contributed by atoms with Crippen molar-refractivity contribution in [1.29, 1.82) is 0 Å². The topological polar surface area (TPSA) is 112 Å². The second kappa shape index (κ2) is 13.2. The molecule has 228 valence electrons. The number of urea groups is 1. The molecule has 5 rings (SSSR count). The van der Waals surface area contributed by atoms with E-state index in [4.69, 9.17) is 14.2 Å². The van der Waals surface area contributed by atoms with Crippen LogP contribution in [0.15, 0.2) is 83.0 Å². The SMILES string of the molecule is COCCOc1cc2ncnc(Sc3cccc(NC(=O)Nc4cc(C(F)(F)F)nn4-c4ccc(F)cc4)c3)c2cc1OC. The molecule has 44 heavy (non-hydrogen) atoms. The number of nitrogens with zero attached hydrogens (tertiary/aromatic N) is 4. The predicted octanol–water partition coefficient (Wildman–Crippen LogP) is 6.80. The maximum Gasteiger partial charge on any atom is 0.435 e. The Labute approximate surface area is 252 Å². The highest BCUT2D eigenvalue weighted by Gasteiger charge is 2.35. The molecule has 5 aromatic rings. The number of anilines is 2. The third kappa shape index (κ3) is 7.18. The number of halogens is 4. The van der Waals surface area contributed by atoms with Gasteiger partial charge in [-0.05, 0) is 48.5 Å². The number of nitrogens with one attached hydrogen (secondary N) is 2. The molecule has 0 spiro atoms. The van der Waals surface area contributed by atoms with Crippen LogP contribution in [-0.4, -0.2) is 53.2 Å². The maximum atomic E-state index is 13.4. The zero-order valence-corrected chi connectivity index (χ0v) is 24.0. The van der Waals surface area contributed by atoms with Crippen LogP contribution in [0.5, 0.6) is 11.5 Å². The summed E-state index contributed by atoms with van der Waals surface area (Å²) in [5.74, 6) is 0.157. The van der Waals surface area contributed by atoms with Crippen LogP contribution in [0.1, 0.15) is 5.69 Å². The average molecular weight is 629 g/mol. The van der Waals surface area contributed by atoms with Crippen molar-refractivity contribution < 1.29 is 36.6 Å². The molecule has 0 radical (unpaired) electrons. The second-order valence-corrected chi connectivity index (χ2v) is 10.1. The number of carbonyl (C=O) groups excluding carboxylic acids is 1. The summed E-state index contributed by atoms with van der Waals surface area (Å²) >= 11 is 1.31. The van der Waals surface area contributed by atoms with Crippen LogP contribution in [0.4, 0.5) is 33.9 Å². The van der Waals surface area contributed by atoms with E-state index in [0.717, 1.165) is 16.8 Å². The van der Waals surface area contributed by atoms with Gasteiger partial charge in [0.2, 0.25) is 0 Å². The first-order valence-electron chi connectivity index (χ1n) is 12.9. The number of fused-ring (bicyclic) bond motifs is 1. The molecule has 0 fully saturated rings. The highest BCUT2D eigenvalue weighted by molar-refractivity contribution is 7.99. The molecule has 2 N–H and O–H groups in total. The van der Waals surface area contributed by atoms with Crippen LogP contribution in [0.3, 0.4) is 0 Å². The summed E-state index contributed by atoms with van der Waals surface area (Å²) in [4.78, 5) is 22.3. The first-order chi connectivity index (χ1) is 21.1. The molecule has 0 unspecified atom stereocenters. The van der Waals surface area contributed by atoms with Gasteiger partial charge < -0.3 is 19.5 Å². The van der Waals surface area contributed by atoms with E-state index in [2.05, 4.69) is 25.7 Å². The Balaban J connectivity index is 1.34. The normalized spacial score (nSPS) is 11.4. The van der Waals surface area contributed by atoms with Crippen molar-refractivity contribution in [2.24, 2.45) is 0 Å². The van der Waals surface area contributed by atoms with E-state index in [9.17, 15) is 22.4 Å². The standard InChI is InChI=1S/C29H24F4N6O4S/c1-41-10-11-43-24-14-22-21(13-23(24)42-2)27(35-16-34-22)44-20-5-3-4-18(12-20)36-28(40)37-26-15-25(29(31,32)33)38-39(26)19-8-6-17(30)7-9-19/h3-9,12-16H,10-11H2,1-2H3,(H2,36,37,40). The van der Waals surface area contributed by atoms with Gasteiger partial charge in [-0.2, -0.15) is 18.3 Å². The van der Waals surface area contributed by atoms with Gasteiger partial charge in [-0.15, -0.1) is 0 Å².